The molecule has 0 saturated carbocycles. The molecule has 5 aromatic rings. The van der Waals surface area contributed by atoms with Crippen LogP contribution in [0.4, 0.5) is 0 Å². The van der Waals surface area contributed by atoms with Gasteiger partial charge in [0.05, 0.1) is 25.4 Å². The zero-order chi connectivity index (χ0) is 18.4. The molecule has 8 heteroatoms. The lowest BCUT2D eigenvalue weighted by atomic mass is 10.1. The Balaban J connectivity index is 1.69. The molecule has 8 nitrogen and oxygen atoms in total. The van der Waals surface area contributed by atoms with E-state index in [1.807, 2.05) is 37.5 Å². The van der Waals surface area contributed by atoms with E-state index in [1.54, 1.807) is 17.9 Å². The first kappa shape index (κ1) is 15.6. The summed E-state index contributed by atoms with van der Waals surface area (Å²) in [6.45, 7) is 2.57. The summed E-state index contributed by atoms with van der Waals surface area (Å²) < 4.78 is 14.7. The number of nitrogens with zero attached hydrogens (tertiary/aromatic N) is 6. The SMILES string of the molecule is COc1ncnn2ccc(-c3cnc4nc(C)n(Cc5ccco5)c4c3)c12. The fourth-order valence-corrected chi connectivity index (χ4v) is 3.33. The van der Waals surface area contributed by atoms with Gasteiger partial charge in [0.15, 0.2) is 5.65 Å². The van der Waals surface area contributed by atoms with Gasteiger partial charge in [0.25, 0.3) is 0 Å². The molecule has 0 N–H and O–H groups in total. The van der Waals surface area contributed by atoms with Crippen LogP contribution in [0.25, 0.3) is 27.8 Å². The van der Waals surface area contributed by atoms with Crippen LogP contribution in [0, 0.1) is 6.92 Å². The Kier molecular flexibility index (Phi) is 3.43. The smallest absolute Gasteiger partial charge is 0.241 e. The molecule has 0 bridgehead atoms. The van der Waals surface area contributed by atoms with E-state index in [0.29, 0.717) is 18.1 Å². The maximum absolute atomic E-state index is 5.50. The molecule has 5 rings (SSSR count). The van der Waals surface area contributed by atoms with Crippen LogP contribution in [0.3, 0.4) is 0 Å². The molecule has 0 fully saturated rings. The zero-order valence-electron chi connectivity index (χ0n) is 14.8. The second-order valence-electron chi connectivity index (χ2n) is 6.18. The second kappa shape index (κ2) is 5.94. The molecule has 27 heavy (non-hydrogen) atoms. The molecule has 0 aliphatic rings. The van der Waals surface area contributed by atoms with Crippen LogP contribution in [0.2, 0.25) is 0 Å². The highest BCUT2D eigenvalue weighted by atomic mass is 16.5. The van der Waals surface area contributed by atoms with Gasteiger partial charge in [-0.3, -0.25) is 0 Å². The summed E-state index contributed by atoms with van der Waals surface area (Å²) in [7, 11) is 1.60. The molecule has 0 radical (unpaired) electrons. The molecule has 0 aliphatic heterocycles. The quantitative estimate of drug-likeness (QED) is 0.490. The van der Waals surface area contributed by atoms with Crippen LogP contribution in [0.1, 0.15) is 11.6 Å². The predicted molar refractivity (Wildman–Crippen MR) is 98.6 cm³/mol. The number of ether oxygens (including phenoxy) is 1. The lowest BCUT2D eigenvalue weighted by Gasteiger charge is -2.07. The van der Waals surface area contributed by atoms with Crippen LogP contribution in [-0.4, -0.2) is 36.2 Å². The van der Waals surface area contributed by atoms with Gasteiger partial charge >= 0.3 is 0 Å². The Morgan fingerprint density at radius 3 is 2.96 bits per heavy atom. The normalized spacial score (nSPS) is 11.5. The van der Waals surface area contributed by atoms with Crippen LogP contribution < -0.4 is 4.74 Å². The van der Waals surface area contributed by atoms with Crippen molar-refractivity contribution in [3.05, 3.63) is 60.8 Å². The first-order valence-corrected chi connectivity index (χ1v) is 8.46. The average Bonchev–Trinajstić information content (AvgIpc) is 3.41. The number of furan rings is 1. The number of rotatable bonds is 4. The second-order valence-corrected chi connectivity index (χ2v) is 6.18. The lowest BCUT2D eigenvalue weighted by molar-refractivity contribution is 0.399. The third-order valence-electron chi connectivity index (χ3n) is 4.62. The van der Waals surface area contributed by atoms with Crippen molar-refractivity contribution in [3.63, 3.8) is 0 Å². The third-order valence-corrected chi connectivity index (χ3v) is 4.62. The minimum absolute atomic E-state index is 0.519. The fraction of sp³-hybridized carbons (Fsp3) is 0.158. The highest BCUT2D eigenvalue weighted by Gasteiger charge is 2.16. The zero-order valence-corrected chi connectivity index (χ0v) is 14.8. The van der Waals surface area contributed by atoms with Crippen molar-refractivity contribution in [2.45, 2.75) is 13.5 Å². The van der Waals surface area contributed by atoms with Crippen LogP contribution >= 0.6 is 0 Å². The van der Waals surface area contributed by atoms with Gasteiger partial charge in [0.2, 0.25) is 5.88 Å². The molecular weight excluding hydrogens is 344 g/mol. The molecule has 134 valence electrons. The summed E-state index contributed by atoms with van der Waals surface area (Å²) in [4.78, 5) is 13.3. The summed E-state index contributed by atoms with van der Waals surface area (Å²) >= 11 is 0. The molecule has 5 heterocycles. The van der Waals surface area contributed by atoms with E-state index < -0.39 is 0 Å². The Bertz CT molecular complexity index is 1250. The van der Waals surface area contributed by atoms with Crippen molar-refractivity contribution < 1.29 is 9.15 Å². The maximum Gasteiger partial charge on any atom is 0.241 e. The van der Waals surface area contributed by atoms with Gasteiger partial charge in [-0.2, -0.15) is 10.1 Å². The predicted octanol–water partition coefficient (Wildman–Crippen LogP) is 3.10. The molecular formula is C19H16N6O2. The van der Waals surface area contributed by atoms with E-state index in [4.69, 9.17) is 9.15 Å². The number of aromatic nitrogens is 6. The molecule has 0 atom stereocenters. The number of aryl methyl sites for hydroxylation is 1. The van der Waals surface area contributed by atoms with Gasteiger partial charge in [-0.1, -0.05) is 0 Å². The molecule has 5 aromatic heterocycles. The average molecular weight is 360 g/mol. The van der Waals surface area contributed by atoms with E-state index in [2.05, 4.69) is 30.7 Å². The number of fused-ring (bicyclic) bond motifs is 2. The Hall–Kier alpha value is -3.68. The number of methoxy groups -OCH3 is 1. The van der Waals surface area contributed by atoms with E-state index >= 15 is 0 Å². The van der Waals surface area contributed by atoms with Gasteiger partial charge in [0.1, 0.15) is 23.4 Å². The number of pyridine rings is 1. The van der Waals surface area contributed by atoms with Gasteiger partial charge in [-0.15, -0.1) is 0 Å². The van der Waals surface area contributed by atoms with Crippen LogP contribution in [0.5, 0.6) is 5.88 Å². The Morgan fingerprint density at radius 1 is 1.22 bits per heavy atom. The van der Waals surface area contributed by atoms with E-state index in [-0.39, 0.29) is 0 Å². The summed E-state index contributed by atoms with van der Waals surface area (Å²) in [6.07, 6.45) is 6.84. The third kappa shape index (κ3) is 2.45. The van der Waals surface area contributed by atoms with Crippen LogP contribution in [-0.2, 0) is 6.54 Å². The Morgan fingerprint density at radius 2 is 2.15 bits per heavy atom. The van der Waals surface area contributed by atoms with Gasteiger partial charge in [-0.05, 0) is 31.2 Å². The maximum atomic E-state index is 5.50. The highest BCUT2D eigenvalue weighted by Crippen LogP contribution is 2.31. The largest absolute Gasteiger partial charge is 0.479 e. The summed E-state index contributed by atoms with van der Waals surface area (Å²) in [6, 6.07) is 7.89. The number of hydrogen-bond acceptors (Lipinski definition) is 6. The molecule has 0 unspecified atom stereocenters. The van der Waals surface area contributed by atoms with Crippen molar-refractivity contribution in [1.29, 1.82) is 0 Å². The molecule has 0 aliphatic carbocycles. The Labute approximate surface area is 154 Å². The minimum atomic E-state index is 0.519. The first-order chi connectivity index (χ1) is 13.2. The number of hydrogen-bond donors (Lipinski definition) is 0. The van der Waals surface area contributed by atoms with E-state index in [9.17, 15) is 0 Å². The monoisotopic (exact) mass is 360 g/mol. The molecule has 0 aromatic carbocycles. The standard InChI is InChI=1S/C19H16N6O2/c1-12-23-18-16(24(12)10-14-4-3-7-27-14)8-13(9-20-18)15-5-6-25-17(15)19(26-2)21-11-22-25/h3-9,11H,10H2,1-2H3. The minimum Gasteiger partial charge on any atom is -0.479 e. The van der Waals surface area contributed by atoms with Crippen molar-refractivity contribution in [1.82, 2.24) is 29.1 Å². The lowest BCUT2D eigenvalue weighted by Crippen LogP contribution is -2.01. The molecule has 0 spiro atoms. The summed E-state index contributed by atoms with van der Waals surface area (Å²) in [5.41, 5.74) is 4.34. The van der Waals surface area contributed by atoms with Crippen molar-refractivity contribution >= 4 is 16.7 Å². The highest BCUT2D eigenvalue weighted by molar-refractivity contribution is 5.87. The van der Waals surface area contributed by atoms with Crippen molar-refractivity contribution in [3.8, 4) is 17.0 Å². The van der Waals surface area contributed by atoms with Crippen LogP contribution in [0.15, 0.2) is 53.7 Å². The van der Waals surface area contributed by atoms with E-state index in [1.165, 1.54) is 6.33 Å². The molecule has 0 amide bonds. The van der Waals surface area contributed by atoms with Gasteiger partial charge < -0.3 is 13.7 Å². The summed E-state index contributed by atoms with van der Waals surface area (Å²) in [5, 5.41) is 4.25. The fourth-order valence-electron chi connectivity index (χ4n) is 3.33. The first-order valence-electron chi connectivity index (χ1n) is 8.46. The molecule has 0 saturated heterocycles. The van der Waals surface area contributed by atoms with Crippen molar-refractivity contribution in [2.75, 3.05) is 7.11 Å². The summed E-state index contributed by atoms with van der Waals surface area (Å²) in [5.74, 6) is 2.27. The van der Waals surface area contributed by atoms with E-state index in [0.717, 1.165) is 33.7 Å². The topological polar surface area (TPSA) is 83.3 Å². The van der Waals surface area contributed by atoms with Crippen molar-refractivity contribution in [2.24, 2.45) is 0 Å². The number of imidazole rings is 1. The van der Waals surface area contributed by atoms with Gasteiger partial charge in [-0.25, -0.2) is 14.5 Å². The van der Waals surface area contributed by atoms with Gasteiger partial charge in [0, 0.05) is 23.5 Å².